The first-order valence-electron chi connectivity index (χ1n) is 9.97. The third kappa shape index (κ3) is 5.06. The number of carbonyl (C=O) groups excluding carboxylic acids is 1. The molecule has 1 heterocycles. The number of carbonyl (C=O) groups is 1. The predicted molar refractivity (Wildman–Crippen MR) is 133 cm³/mol. The second kappa shape index (κ2) is 9.46. The molecule has 0 saturated heterocycles. The lowest BCUT2D eigenvalue weighted by molar-refractivity contribution is -0.115. The van der Waals surface area contributed by atoms with Crippen LogP contribution in [-0.4, -0.2) is 24.1 Å². The van der Waals surface area contributed by atoms with Crippen LogP contribution in [0.5, 0.6) is 0 Å². The molecule has 1 amide bonds. The van der Waals surface area contributed by atoms with E-state index >= 15 is 0 Å². The van der Waals surface area contributed by atoms with Crippen molar-refractivity contribution in [1.29, 1.82) is 0 Å². The summed E-state index contributed by atoms with van der Waals surface area (Å²) >= 11 is 11.8. The maximum atomic E-state index is 12.6. The largest absolute Gasteiger partial charge is 0.326 e. The van der Waals surface area contributed by atoms with Gasteiger partial charge in [-0.3, -0.25) is 14.3 Å². The number of fused-ring (bicyclic) bond motifs is 1. The van der Waals surface area contributed by atoms with Crippen molar-refractivity contribution in [1.82, 2.24) is 9.78 Å². The van der Waals surface area contributed by atoms with Crippen molar-refractivity contribution in [3.63, 3.8) is 0 Å². The Morgan fingerprint density at radius 1 is 0.941 bits per heavy atom. The van der Waals surface area contributed by atoms with Gasteiger partial charge in [0, 0.05) is 18.1 Å². The average Bonchev–Trinajstić information content (AvgIpc) is 2.80. The van der Waals surface area contributed by atoms with Gasteiger partial charge in [0.15, 0.2) is 0 Å². The number of anilines is 2. The normalized spacial score (nSPS) is 11.4. The molecular formula is C23H18Cl2N4O4S. The number of nitrogens with zero attached hydrogens (tertiary/aromatic N) is 2. The molecule has 0 aliphatic carbocycles. The lowest BCUT2D eigenvalue weighted by atomic mass is 10.1. The summed E-state index contributed by atoms with van der Waals surface area (Å²) in [6.07, 6.45) is -0.0619. The molecule has 8 nitrogen and oxygen atoms in total. The Morgan fingerprint density at radius 2 is 1.59 bits per heavy atom. The van der Waals surface area contributed by atoms with Crippen molar-refractivity contribution in [2.24, 2.45) is 7.05 Å². The van der Waals surface area contributed by atoms with Crippen molar-refractivity contribution < 1.29 is 13.2 Å². The molecule has 11 heteroatoms. The monoisotopic (exact) mass is 516 g/mol. The van der Waals surface area contributed by atoms with Crippen LogP contribution in [0.25, 0.3) is 10.8 Å². The smallest absolute Gasteiger partial charge is 0.274 e. The molecule has 0 unspecified atom stereocenters. The van der Waals surface area contributed by atoms with Crippen LogP contribution >= 0.6 is 23.2 Å². The maximum Gasteiger partial charge on any atom is 0.274 e. The van der Waals surface area contributed by atoms with Crippen molar-refractivity contribution in [3.8, 4) is 0 Å². The molecule has 0 fully saturated rings. The SMILES string of the molecule is Cn1nc(CC(=O)Nc2ccc(S(=O)(=O)Nc3ccc(Cl)c(Cl)c3)cc2)c2ccccc2c1=O. The van der Waals surface area contributed by atoms with Gasteiger partial charge >= 0.3 is 0 Å². The molecule has 0 radical (unpaired) electrons. The molecule has 2 N–H and O–H groups in total. The zero-order chi connectivity index (χ0) is 24.5. The van der Waals surface area contributed by atoms with Crippen LogP contribution in [0.1, 0.15) is 5.69 Å². The highest BCUT2D eigenvalue weighted by molar-refractivity contribution is 7.92. The number of sulfonamides is 1. The fraction of sp³-hybridized carbons (Fsp3) is 0.0870. The first-order chi connectivity index (χ1) is 16.1. The fourth-order valence-corrected chi connectivity index (χ4v) is 4.70. The van der Waals surface area contributed by atoms with Gasteiger partial charge in [-0.2, -0.15) is 5.10 Å². The zero-order valence-corrected chi connectivity index (χ0v) is 20.1. The summed E-state index contributed by atoms with van der Waals surface area (Å²) in [5.74, 6) is -0.360. The molecule has 0 atom stereocenters. The number of hydrogen-bond donors (Lipinski definition) is 2. The van der Waals surface area contributed by atoms with E-state index in [1.165, 1.54) is 54.2 Å². The van der Waals surface area contributed by atoms with Crippen LogP contribution in [-0.2, 0) is 28.3 Å². The van der Waals surface area contributed by atoms with Crippen LogP contribution in [0.4, 0.5) is 11.4 Å². The molecule has 0 saturated carbocycles. The molecule has 34 heavy (non-hydrogen) atoms. The van der Waals surface area contributed by atoms with Crippen LogP contribution in [0.3, 0.4) is 0 Å². The van der Waals surface area contributed by atoms with E-state index in [1.54, 1.807) is 24.3 Å². The Labute approximate surface area is 205 Å². The summed E-state index contributed by atoms with van der Waals surface area (Å²) in [7, 11) is -2.35. The molecule has 3 aromatic carbocycles. The standard InChI is InChI=1S/C23H18Cl2N4O4S/c1-29-23(31)18-5-3-2-4-17(18)21(27-29)13-22(30)26-14-6-9-16(10-7-14)34(32,33)28-15-8-11-19(24)20(25)12-15/h2-12,28H,13H2,1H3,(H,26,30). The van der Waals surface area contributed by atoms with Crippen molar-refractivity contribution >= 4 is 61.3 Å². The quantitative estimate of drug-likeness (QED) is 0.398. The Hall–Kier alpha value is -3.40. The first kappa shape index (κ1) is 23.7. The summed E-state index contributed by atoms with van der Waals surface area (Å²) < 4.78 is 28.9. The molecule has 174 valence electrons. The van der Waals surface area contributed by atoms with Gasteiger partial charge in [-0.05, 0) is 48.5 Å². The fourth-order valence-electron chi connectivity index (χ4n) is 3.35. The zero-order valence-electron chi connectivity index (χ0n) is 17.7. The van der Waals surface area contributed by atoms with E-state index < -0.39 is 10.0 Å². The molecule has 0 spiro atoms. The van der Waals surface area contributed by atoms with E-state index in [0.717, 1.165) is 0 Å². The van der Waals surface area contributed by atoms with E-state index in [0.29, 0.717) is 27.2 Å². The lowest BCUT2D eigenvalue weighted by Crippen LogP contribution is -2.24. The first-order valence-corrected chi connectivity index (χ1v) is 12.2. The topological polar surface area (TPSA) is 110 Å². The van der Waals surface area contributed by atoms with Gasteiger partial charge in [0.1, 0.15) is 0 Å². The molecule has 0 bridgehead atoms. The van der Waals surface area contributed by atoms with Crippen molar-refractivity contribution in [2.75, 3.05) is 10.0 Å². The molecule has 1 aromatic heterocycles. The molecule has 4 aromatic rings. The summed E-state index contributed by atoms with van der Waals surface area (Å²) in [4.78, 5) is 24.9. The van der Waals surface area contributed by atoms with Crippen LogP contribution in [0, 0.1) is 0 Å². The number of hydrogen-bond acceptors (Lipinski definition) is 5. The number of benzene rings is 3. The van der Waals surface area contributed by atoms with Crippen LogP contribution in [0.15, 0.2) is 76.4 Å². The summed E-state index contributed by atoms with van der Waals surface area (Å²) in [6, 6.07) is 17.0. The number of aryl methyl sites for hydroxylation is 1. The molecular weight excluding hydrogens is 499 g/mol. The minimum atomic E-state index is -3.88. The van der Waals surface area contributed by atoms with E-state index in [-0.39, 0.29) is 33.5 Å². The van der Waals surface area contributed by atoms with Gasteiger partial charge in [0.25, 0.3) is 15.6 Å². The van der Waals surface area contributed by atoms with Crippen LogP contribution in [0.2, 0.25) is 10.0 Å². The maximum absolute atomic E-state index is 12.6. The minimum Gasteiger partial charge on any atom is -0.326 e. The Morgan fingerprint density at radius 3 is 2.26 bits per heavy atom. The number of nitrogens with one attached hydrogen (secondary N) is 2. The van der Waals surface area contributed by atoms with Gasteiger partial charge in [-0.15, -0.1) is 0 Å². The minimum absolute atomic E-state index is 0.00212. The Balaban J connectivity index is 1.48. The summed E-state index contributed by atoms with van der Waals surface area (Å²) in [6.45, 7) is 0. The Bertz CT molecular complexity index is 1570. The van der Waals surface area contributed by atoms with Crippen LogP contribution < -0.4 is 15.6 Å². The molecule has 0 aliphatic rings. The highest BCUT2D eigenvalue weighted by atomic mass is 35.5. The number of amides is 1. The van der Waals surface area contributed by atoms with Gasteiger partial charge in [-0.1, -0.05) is 41.4 Å². The van der Waals surface area contributed by atoms with Gasteiger partial charge in [-0.25, -0.2) is 13.1 Å². The van der Waals surface area contributed by atoms with Gasteiger partial charge < -0.3 is 5.32 Å². The highest BCUT2D eigenvalue weighted by Crippen LogP contribution is 2.27. The van der Waals surface area contributed by atoms with E-state index in [9.17, 15) is 18.0 Å². The number of rotatable bonds is 6. The predicted octanol–water partition coefficient (Wildman–Crippen LogP) is 4.22. The third-order valence-corrected chi connectivity index (χ3v) is 7.12. The average molecular weight is 517 g/mol. The second-order valence-corrected chi connectivity index (χ2v) is 9.90. The van der Waals surface area contributed by atoms with Crippen molar-refractivity contribution in [3.05, 3.63) is 92.8 Å². The summed E-state index contributed by atoms with van der Waals surface area (Å²) in [5, 5.41) is 8.56. The van der Waals surface area contributed by atoms with E-state index in [2.05, 4.69) is 15.1 Å². The van der Waals surface area contributed by atoms with Gasteiger partial charge in [0.05, 0.1) is 38.1 Å². The number of aromatic nitrogens is 2. The highest BCUT2D eigenvalue weighted by Gasteiger charge is 2.16. The summed E-state index contributed by atoms with van der Waals surface area (Å²) in [5.41, 5.74) is 0.891. The van der Waals surface area contributed by atoms with Crippen molar-refractivity contribution in [2.45, 2.75) is 11.3 Å². The third-order valence-electron chi connectivity index (χ3n) is 4.98. The molecule has 0 aliphatic heterocycles. The van der Waals surface area contributed by atoms with E-state index in [1.807, 2.05) is 0 Å². The molecule has 4 rings (SSSR count). The number of halogens is 2. The lowest BCUT2D eigenvalue weighted by Gasteiger charge is -2.11. The van der Waals surface area contributed by atoms with E-state index in [4.69, 9.17) is 23.2 Å². The van der Waals surface area contributed by atoms with Gasteiger partial charge in [0.2, 0.25) is 5.91 Å². The second-order valence-electron chi connectivity index (χ2n) is 7.40. The Kier molecular flexibility index (Phi) is 6.60.